The van der Waals surface area contributed by atoms with Gasteiger partial charge >= 0.3 is 0 Å². The van der Waals surface area contributed by atoms with Gasteiger partial charge in [0.15, 0.2) is 0 Å². The van der Waals surface area contributed by atoms with E-state index < -0.39 is 5.91 Å². The van der Waals surface area contributed by atoms with Gasteiger partial charge in [-0.05, 0) is 89.7 Å². The predicted octanol–water partition coefficient (Wildman–Crippen LogP) is 6.20. The molecule has 41 heavy (non-hydrogen) atoms. The van der Waals surface area contributed by atoms with Crippen LogP contribution < -0.4 is 15.5 Å². The summed E-state index contributed by atoms with van der Waals surface area (Å²) in [6.07, 6.45) is 7.37. The third-order valence-corrected chi connectivity index (χ3v) is 8.45. The van der Waals surface area contributed by atoms with Crippen molar-refractivity contribution < 1.29 is 14.0 Å². The molecule has 9 heteroatoms. The zero-order chi connectivity index (χ0) is 28.2. The number of halogens is 1. The van der Waals surface area contributed by atoms with E-state index >= 15 is 0 Å². The second kappa shape index (κ2) is 12.2. The number of fused-ring (bicyclic) bond motifs is 1. The summed E-state index contributed by atoms with van der Waals surface area (Å²) in [4.78, 5) is 35.6. The van der Waals surface area contributed by atoms with Gasteiger partial charge in [-0.15, -0.1) is 0 Å². The molecule has 1 saturated heterocycles. The molecule has 2 N–H and O–H groups in total. The molecule has 2 fully saturated rings. The minimum atomic E-state index is -0.398. The summed E-state index contributed by atoms with van der Waals surface area (Å²) in [6, 6.07) is 23.8. The van der Waals surface area contributed by atoms with Crippen LogP contribution in [0.25, 0.3) is 16.8 Å². The topological polar surface area (TPSA) is 87.2 Å². The van der Waals surface area contributed by atoms with Gasteiger partial charge in [-0.2, -0.15) is 0 Å². The van der Waals surface area contributed by atoms with E-state index in [-0.39, 0.29) is 17.1 Å². The Bertz CT molecular complexity index is 1600. The standard InChI is InChI=1S/C32H30FN5O2S/c33-25-9-8-23-16-22(6-7-24(23)17-25)19-35-26-10-12-28(13-11-26)38(20-21-4-2-1-3-5-21)31-34-15-14-27(36-31)18-29-30(39)37-32(40)41-29/h1-9,14-18,26,28,35H,10-13,19-20H2,(H,37,39,40)/b29-18-. The van der Waals surface area contributed by atoms with Gasteiger partial charge in [-0.3, -0.25) is 14.9 Å². The Balaban J connectivity index is 1.14. The van der Waals surface area contributed by atoms with Crippen LogP contribution in [0.2, 0.25) is 0 Å². The lowest BCUT2D eigenvalue weighted by atomic mass is 9.89. The van der Waals surface area contributed by atoms with Crippen molar-refractivity contribution in [3.63, 3.8) is 0 Å². The van der Waals surface area contributed by atoms with Crippen LogP contribution in [-0.4, -0.2) is 33.2 Å². The van der Waals surface area contributed by atoms with Gasteiger partial charge in [-0.25, -0.2) is 14.4 Å². The molecule has 0 unspecified atom stereocenters. The average molecular weight is 568 g/mol. The van der Waals surface area contributed by atoms with E-state index in [0.717, 1.165) is 54.8 Å². The molecule has 0 spiro atoms. The summed E-state index contributed by atoms with van der Waals surface area (Å²) in [5.41, 5.74) is 2.95. The molecule has 2 aliphatic rings. The normalized spacial score (nSPS) is 20.0. The first-order valence-corrected chi connectivity index (χ1v) is 14.6. The van der Waals surface area contributed by atoms with Crippen molar-refractivity contribution in [1.29, 1.82) is 0 Å². The first-order valence-electron chi connectivity index (χ1n) is 13.8. The monoisotopic (exact) mass is 567 g/mol. The average Bonchev–Trinajstić information content (AvgIpc) is 3.31. The second-order valence-corrected chi connectivity index (χ2v) is 11.5. The van der Waals surface area contributed by atoms with Gasteiger partial charge in [0.25, 0.3) is 11.1 Å². The summed E-state index contributed by atoms with van der Waals surface area (Å²) < 4.78 is 13.5. The van der Waals surface area contributed by atoms with Crippen LogP contribution in [0.15, 0.2) is 83.9 Å². The number of hydrogen-bond donors (Lipinski definition) is 2. The Morgan fingerprint density at radius 3 is 2.51 bits per heavy atom. The highest BCUT2D eigenvalue weighted by Gasteiger charge is 2.28. The maximum Gasteiger partial charge on any atom is 0.290 e. The largest absolute Gasteiger partial charge is 0.333 e. The highest BCUT2D eigenvalue weighted by atomic mass is 32.2. The maximum atomic E-state index is 13.5. The van der Waals surface area contributed by atoms with Crippen molar-refractivity contribution in [2.45, 2.75) is 50.9 Å². The molecule has 7 nitrogen and oxygen atoms in total. The number of rotatable bonds is 8. The molecule has 0 radical (unpaired) electrons. The quantitative estimate of drug-likeness (QED) is 0.245. The fourth-order valence-corrected chi connectivity index (χ4v) is 6.18. The Labute approximate surface area is 242 Å². The molecule has 6 rings (SSSR count). The molecular formula is C32H30FN5O2S. The number of carbonyl (C=O) groups is 2. The fourth-order valence-electron chi connectivity index (χ4n) is 5.51. The van der Waals surface area contributed by atoms with Crippen molar-refractivity contribution in [2.24, 2.45) is 0 Å². The van der Waals surface area contributed by atoms with Gasteiger partial charge in [0.2, 0.25) is 5.95 Å². The number of anilines is 1. The van der Waals surface area contributed by atoms with E-state index in [1.807, 2.05) is 30.3 Å². The second-order valence-electron chi connectivity index (χ2n) is 10.5. The SMILES string of the molecule is O=C1NC(=O)/C(=C/c2ccnc(N(Cc3ccccc3)C3CCC(NCc4ccc5cc(F)ccc5c4)CC3)n2)S1. The van der Waals surface area contributed by atoms with Crippen LogP contribution in [0.5, 0.6) is 0 Å². The van der Waals surface area contributed by atoms with Gasteiger partial charge in [0.1, 0.15) is 5.82 Å². The summed E-state index contributed by atoms with van der Waals surface area (Å²) in [7, 11) is 0. The summed E-state index contributed by atoms with van der Waals surface area (Å²) in [5.74, 6) is -0.000969. The number of benzene rings is 3. The number of amides is 2. The molecule has 0 bridgehead atoms. The third kappa shape index (κ3) is 6.64. The number of thioether (sulfide) groups is 1. The van der Waals surface area contributed by atoms with Gasteiger partial charge in [-0.1, -0.05) is 48.5 Å². The van der Waals surface area contributed by atoms with E-state index in [4.69, 9.17) is 4.98 Å². The maximum absolute atomic E-state index is 13.5. The zero-order valence-corrected chi connectivity index (χ0v) is 23.2. The predicted molar refractivity (Wildman–Crippen MR) is 161 cm³/mol. The smallest absolute Gasteiger partial charge is 0.290 e. The first kappa shape index (κ1) is 27.1. The first-order chi connectivity index (χ1) is 20.0. The molecule has 2 heterocycles. The number of carbonyl (C=O) groups excluding carboxylic acids is 2. The molecule has 1 aliphatic heterocycles. The van der Waals surface area contributed by atoms with Crippen LogP contribution in [0, 0.1) is 5.82 Å². The summed E-state index contributed by atoms with van der Waals surface area (Å²) >= 11 is 0.883. The van der Waals surface area contributed by atoms with Crippen molar-refractivity contribution >= 4 is 45.7 Å². The molecule has 208 valence electrons. The fraction of sp³-hybridized carbons (Fsp3) is 0.250. The summed E-state index contributed by atoms with van der Waals surface area (Å²) in [6.45, 7) is 1.44. The lowest BCUT2D eigenvalue weighted by molar-refractivity contribution is -0.115. The molecule has 1 saturated carbocycles. The van der Waals surface area contributed by atoms with E-state index in [2.05, 4.69) is 44.8 Å². The molecule has 1 aliphatic carbocycles. The highest BCUT2D eigenvalue weighted by Crippen LogP contribution is 2.29. The molecule has 4 aromatic rings. The van der Waals surface area contributed by atoms with Gasteiger partial charge in [0, 0.05) is 31.4 Å². The lowest BCUT2D eigenvalue weighted by Gasteiger charge is -2.37. The molecule has 0 atom stereocenters. The van der Waals surface area contributed by atoms with Crippen molar-refractivity contribution in [3.8, 4) is 0 Å². The Hall–Kier alpha value is -4.08. The van der Waals surface area contributed by atoms with Crippen molar-refractivity contribution in [1.82, 2.24) is 20.6 Å². The number of imide groups is 1. The van der Waals surface area contributed by atoms with Crippen LogP contribution in [0.4, 0.5) is 15.1 Å². The van der Waals surface area contributed by atoms with E-state index in [1.165, 1.54) is 17.2 Å². The Kier molecular flexibility index (Phi) is 8.07. The van der Waals surface area contributed by atoms with E-state index in [0.29, 0.717) is 29.1 Å². The van der Waals surface area contributed by atoms with Crippen LogP contribution >= 0.6 is 11.8 Å². The van der Waals surface area contributed by atoms with E-state index in [9.17, 15) is 14.0 Å². The Morgan fingerprint density at radius 1 is 0.951 bits per heavy atom. The molecule has 1 aromatic heterocycles. The zero-order valence-electron chi connectivity index (χ0n) is 22.4. The minimum absolute atomic E-state index is 0.215. The van der Waals surface area contributed by atoms with Crippen molar-refractivity contribution in [3.05, 3.63) is 107 Å². The third-order valence-electron chi connectivity index (χ3n) is 7.64. The Morgan fingerprint density at radius 2 is 1.73 bits per heavy atom. The minimum Gasteiger partial charge on any atom is -0.333 e. The molecular weight excluding hydrogens is 537 g/mol. The summed E-state index contributed by atoms with van der Waals surface area (Å²) in [5, 5.41) is 7.59. The van der Waals surface area contributed by atoms with Crippen LogP contribution in [-0.2, 0) is 17.9 Å². The van der Waals surface area contributed by atoms with Gasteiger partial charge in [0.05, 0.1) is 10.6 Å². The number of aromatic nitrogens is 2. The van der Waals surface area contributed by atoms with Crippen molar-refractivity contribution in [2.75, 3.05) is 4.90 Å². The molecule has 3 aromatic carbocycles. The molecule has 2 amide bonds. The highest BCUT2D eigenvalue weighted by molar-refractivity contribution is 8.18. The van der Waals surface area contributed by atoms with Crippen LogP contribution in [0.1, 0.15) is 42.5 Å². The lowest BCUT2D eigenvalue weighted by Crippen LogP contribution is -2.43. The number of hydrogen-bond acceptors (Lipinski definition) is 7. The van der Waals surface area contributed by atoms with E-state index in [1.54, 1.807) is 24.4 Å². The van der Waals surface area contributed by atoms with Gasteiger partial charge < -0.3 is 10.2 Å². The van der Waals surface area contributed by atoms with Crippen LogP contribution in [0.3, 0.4) is 0 Å². The number of nitrogens with zero attached hydrogens (tertiary/aromatic N) is 3. The number of nitrogens with one attached hydrogen (secondary N) is 2.